The van der Waals surface area contributed by atoms with Crippen molar-refractivity contribution in [1.29, 1.82) is 0 Å². The number of nitrogens with two attached hydrogens (primary N) is 1. The minimum atomic E-state index is -1.72. The Labute approximate surface area is 188 Å². The third-order valence-electron chi connectivity index (χ3n) is 5.35. The highest BCUT2D eigenvalue weighted by molar-refractivity contribution is 5.81. The number of aliphatic carboxylic acids is 1. The molecule has 33 heavy (non-hydrogen) atoms. The Balaban J connectivity index is 1.85. The molecule has 0 aliphatic carbocycles. The van der Waals surface area contributed by atoms with Crippen LogP contribution in [0.3, 0.4) is 0 Å². The number of aliphatic hydroxyl groups is 1. The zero-order valence-electron chi connectivity index (χ0n) is 18.0. The van der Waals surface area contributed by atoms with Gasteiger partial charge in [0, 0.05) is 13.0 Å². The number of terminal acetylenes is 1. The summed E-state index contributed by atoms with van der Waals surface area (Å²) in [7, 11) is 0. The van der Waals surface area contributed by atoms with E-state index in [1.807, 2.05) is 6.92 Å². The van der Waals surface area contributed by atoms with Crippen LogP contribution in [0.1, 0.15) is 38.8 Å². The SMILES string of the molecule is C#C[C@]1(CO)O[C@@H](n2cnc3c(N)nc(F)nc32)C[C@@H]1OC(=O)N(CCCCC)CC(=O)O. The van der Waals surface area contributed by atoms with Gasteiger partial charge in [-0.25, -0.2) is 9.78 Å². The first-order valence-corrected chi connectivity index (χ1v) is 10.3. The number of nitrogen functional groups attached to an aromatic ring is 1. The number of ether oxygens (including phenoxy) is 2. The Morgan fingerprint density at radius 1 is 1.48 bits per heavy atom. The quantitative estimate of drug-likeness (QED) is 0.276. The molecule has 0 unspecified atom stereocenters. The lowest BCUT2D eigenvalue weighted by Gasteiger charge is -2.29. The van der Waals surface area contributed by atoms with Crippen molar-refractivity contribution in [2.45, 2.75) is 50.5 Å². The number of fused-ring (bicyclic) bond motifs is 1. The number of nitrogens with zero attached hydrogens (tertiary/aromatic N) is 5. The summed E-state index contributed by atoms with van der Waals surface area (Å²) in [6.07, 6.45) is 5.12. The molecule has 1 aliphatic rings. The van der Waals surface area contributed by atoms with Crippen molar-refractivity contribution in [1.82, 2.24) is 24.4 Å². The molecule has 1 fully saturated rings. The molecule has 1 amide bonds. The van der Waals surface area contributed by atoms with Crippen molar-refractivity contribution in [3.63, 3.8) is 0 Å². The van der Waals surface area contributed by atoms with Crippen molar-refractivity contribution < 1.29 is 33.7 Å². The molecular formula is C20H25FN6O6. The summed E-state index contributed by atoms with van der Waals surface area (Å²) in [6.45, 7) is 0.913. The second-order valence-corrected chi connectivity index (χ2v) is 7.60. The molecule has 0 aromatic carbocycles. The summed E-state index contributed by atoms with van der Waals surface area (Å²) in [4.78, 5) is 36.2. The predicted molar refractivity (Wildman–Crippen MR) is 112 cm³/mol. The average molecular weight is 464 g/mol. The van der Waals surface area contributed by atoms with E-state index >= 15 is 0 Å². The van der Waals surface area contributed by atoms with Crippen LogP contribution in [0, 0.1) is 18.4 Å². The highest BCUT2D eigenvalue weighted by Gasteiger charge is 2.51. The molecule has 0 spiro atoms. The van der Waals surface area contributed by atoms with Crippen LogP contribution in [0.2, 0.25) is 0 Å². The largest absolute Gasteiger partial charge is 0.480 e. The number of carboxylic acid groups (broad SMARTS) is 1. The first-order chi connectivity index (χ1) is 15.7. The lowest BCUT2D eigenvalue weighted by molar-refractivity contribution is -0.138. The summed E-state index contributed by atoms with van der Waals surface area (Å²) >= 11 is 0. The highest BCUT2D eigenvalue weighted by Crippen LogP contribution is 2.39. The maximum absolute atomic E-state index is 13.7. The summed E-state index contributed by atoms with van der Waals surface area (Å²) in [5, 5.41) is 19.1. The van der Waals surface area contributed by atoms with Crippen molar-refractivity contribution in [3.8, 4) is 12.3 Å². The van der Waals surface area contributed by atoms with Gasteiger partial charge in [0.05, 0.1) is 12.9 Å². The minimum Gasteiger partial charge on any atom is -0.480 e. The van der Waals surface area contributed by atoms with Crippen LogP contribution in [0.25, 0.3) is 11.2 Å². The second-order valence-electron chi connectivity index (χ2n) is 7.60. The van der Waals surface area contributed by atoms with Gasteiger partial charge >= 0.3 is 18.1 Å². The molecular weight excluding hydrogens is 439 g/mol. The standard InChI is InChI=1S/C20H25FN6O6/c1-3-5-6-7-26(9-14(29)30)19(31)32-12-8-13(33-20(12,4-2)10-28)27-11-23-15-16(22)24-18(21)25-17(15)27/h2,11-13,28H,3,5-10H2,1H3,(H,29,30)(H2,22,24,25)/t12-,13+,20+/m0/s1. The van der Waals surface area contributed by atoms with E-state index in [9.17, 15) is 19.1 Å². The molecule has 3 rings (SSSR count). The van der Waals surface area contributed by atoms with E-state index in [0.717, 1.165) is 17.7 Å². The minimum absolute atomic E-state index is 0.0351. The maximum atomic E-state index is 13.7. The summed E-state index contributed by atoms with van der Waals surface area (Å²) in [5.41, 5.74) is 4.15. The van der Waals surface area contributed by atoms with Crippen LogP contribution in [0.15, 0.2) is 6.33 Å². The number of amides is 1. The number of rotatable bonds is 9. The van der Waals surface area contributed by atoms with Gasteiger partial charge in [-0.3, -0.25) is 14.3 Å². The molecule has 2 aromatic rings. The fourth-order valence-corrected chi connectivity index (χ4v) is 3.63. The molecule has 0 saturated carbocycles. The predicted octanol–water partition coefficient (Wildman–Crippen LogP) is 0.913. The molecule has 3 atom stereocenters. The Kier molecular flexibility index (Phi) is 7.29. The zero-order valence-corrected chi connectivity index (χ0v) is 18.0. The number of aromatic nitrogens is 4. The summed E-state index contributed by atoms with van der Waals surface area (Å²) < 4.78 is 26.4. The lowest BCUT2D eigenvalue weighted by Crippen LogP contribution is -2.47. The van der Waals surface area contributed by atoms with Crippen LogP contribution >= 0.6 is 0 Å². The van der Waals surface area contributed by atoms with Gasteiger partial charge in [0.25, 0.3) is 0 Å². The highest BCUT2D eigenvalue weighted by atomic mass is 19.1. The number of anilines is 1. The fraction of sp³-hybridized carbons (Fsp3) is 0.550. The zero-order chi connectivity index (χ0) is 24.2. The molecule has 1 saturated heterocycles. The maximum Gasteiger partial charge on any atom is 0.410 e. The molecule has 0 bridgehead atoms. The number of aliphatic hydroxyl groups excluding tert-OH is 1. The van der Waals surface area contributed by atoms with Crippen molar-refractivity contribution >= 4 is 29.0 Å². The van der Waals surface area contributed by atoms with E-state index in [1.165, 1.54) is 10.9 Å². The first-order valence-electron chi connectivity index (χ1n) is 10.3. The van der Waals surface area contributed by atoms with Crippen LogP contribution in [-0.4, -0.2) is 78.1 Å². The van der Waals surface area contributed by atoms with Crippen molar-refractivity contribution in [3.05, 3.63) is 12.4 Å². The van der Waals surface area contributed by atoms with Gasteiger partial charge in [-0.1, -0.05) is 25.7 Å². The van der Waals surface area contributed by atoms with E-state index in [1.54, 1.807) is 0 Å². The van der Waals surface area contributed by atoms with Crippen LogP contribution in [0.5, 0.6) is 0 Å². The third-order valence-corrected chi connectivity index (χ3v) is 5.35. The summed E-state index contributed by atoms with van der Waals surface area (Å²) in [6, 6.07) is 0. The Bertz CT molecular complexity index is 1070. The van der Waals surface area contributed by atoms with E-state index < -0.39 is 49.2 Å². The Hall–Kier alpha value is -3.50. The van der Waals surface area contributed by atoms with Crippen molar-refractivity contribution in [2.75, 3.05) is 25.4 Å². The number of halogens is 1. The van der Waals surface area contributed by atoms with Crippen LogP contribution < -0.4 is 5.73 Å². The van der Waals surface area contributed by atoms with Gasteiger partial charge in [0.15, 0.2) is 28.7 Å². The van der Waals surface area contributed by atoms with Crippen LogP contribution in [-0.2, 0) is 14.3 Å². The number of hydrogen-bond acceptors (Lipinski definition) is 9. The number of unbranched alkanes of at least 4 members (excludes halogenated alkanes) is 2. The molecule has 1 aliphatic heterocycles. The number of carboxylic acids is 1. The third kappa shape index (κ3) is 4.96. The van der Waals surface area contributed by atoms with E-state index in [-0.39, 0.29) is 29.9 Å². The normalized spacial score (nSPS) is 22.2. The van der Waals surface area contributed by atoms with Gasteiger partial charge in [-0.15, -0.1) is 6.42 Å². The van der Waals surface area contributed by atoms with Gasteiger partial charge in [-0.2, -0.15) is 14.4 Å². The molecule has 178 valence electrons. The summed E-state index contributed by atoms with van der Waals surface area (Å²) in [5.74, 6) is 0.964. The van der Waals surface area contributed by atoms with Crippen LogP contribution in [0.4, 0.5) is 15.0 Å². The molecule has 3 heterocycles. The Morgan fingerprint density at radius 2 is 2.24 bits per heavy atom. The fourth-order valence-electron chi connectivity index (χ4n) is 3.63. The van der Waals surface area contributed by atoms with E-state index in [4.69, 9.17) is 26.7 Å². The van der Waals surface area contributed by atoms with Gasteiger partial charge in [-0.05, 0) is 6.42 Å². The van der Waals surface area contributed by atoms with E-state index in [2.05, 4.69) is 20.9 Å². The molecule has 4 N–H and O–H groups in total. The second kappa shape index (κ2) is 9.97. The lowest BCUT2D eigenvalue weighted by atomic mass is 9.98. The monoisotopic (exact) mass is 464 g/mol. The Morgan fingerprint density at radius 3 is 2.88 bits per heavy atom. The molecule has 2 aromatic heterocycles. The topological polar surface area (TPSA) is 166 Å². The number of imidazole rings is 1. The smallest absolute Gasteiger partial charge is 0.410 e. The number of hydrogen-bond donors (Lipinski definition) is 3. The number of carbonyl (C=O) groups excluding carboxylic acids is 1. The molecule has 0 radical (unpaired) electrons. The molecule has 13 heteroatoms. The van der Waals surface area contributed by atoms with Gasteiger partial charge in [0.1, 0.15) is 12.8 Å². The van der Waals surface area contributed by atoms with Gasteiger partial charge < -0.3 is 25.4 Å². The molecule has 12 nitrogen and oxygen atoms in total. The van der Waals surface area contributed by atoms with E-state index in [0.29, 0.717) is 6.42 Å². The van der Waals surface area contributed by atoms with Crippen molar-refractivity contribution in [2.24, 2.45) is 0 Å². The average Bonchev–Trinajstić information content (AvgIpc) is 3.34. The first kappa shape index (κ1) is 24.1. The number of carbonyl (C=O) groups is 2. The van der Waals surface area contributed by atoms with Gasteiger partial charge in [0.2, 0.25) is 0 Å².